The van der Waals surface area contributed by atoms with Crippen LogP contribution in [0.1, 0.15) is 20.8 Å². The normalized spacial score (nSPS) is 24.4. The van der Waals surface area contributed by atoms with Gasteiger partial charge in [0.15, 0.2) is 8.32 Å². The standard InChI is InChI=1S/C12H25NO6SSi/c1-12(2,3)21(5,6)19-10-8-13(11(14)15)7-9(10)18-20(4,16)17/h9-10H,7-8H2,1-6H3,(H,14,15)/t9-,10-/m0/s1. The highest BCUT2D eigenvalue weighted by atomic mass is 32.2. The van der Waals surface area contributed by atoms with E-state index in [1.54, 1.807) is 0 Å². The summed E-state index contributed by atoms with van der Waals surface area (Å²) in [4.78, 5) is 12.2. The SMILES string of the molecule is CC(C)(C)[Si](C)(C)O[C@H]1CN(C(=O)O)C[C@@H]1OS(C)(=O)=O. The van der Waals surface area contributed by atoms with Gasteiger partial charge in [-0.3, -0.25) is 4.18 Å². The van der Waals surface area contributed by atoms with Gasteiger partial charge in [0.05, 0.1) is 25.4 Å². The first-order valence-corrected chi connectivity index (χ1v) is 11.5. The van der Waals surface area contributed by atoms with Crippen molar-refractivity contribution in [3.8, 4) is 0 Å². The predicted molar refractivity (Wildman–Crippen MR) is 81.4 cm³/mol. The van der Waals surface area contributed by atoms with Gasteiger partial charge in [0.1, 0.15) is 6.10 Å². The zero-order valence-corrected chi connectivity index (χ0v) is 15.2. The van der Waals surface area contributed by atoms with Crippen LogP contribution >= 0.6 is 0 Å². The maximum Gasteiger partial charge on any atom is 0.407 e. The van der Waals surface area contributed by atoms with Gasteiger partial charge >= 0.3 is 6.09 Å². The summed E-state index contributed by atoms with van der Waals surface area (Å²) in [5.41, 5.74) is 0. The number of carboxylic acid groups (broad SMARTS) is 1. The van der Waals surface area contributed by atoms with Crippen LogP contribution in [0.25, 0.3) is 0 Å². The van der Waals surface area contributed by atoms with Crippen LogP contribution in [-0.2, 0) is 18.7 Å². The number of likely N-dealkylation sites (tertiary alicyclic amines) is 1. The zero-order valence-electron chi connectivity index (χ0n) is 13.4. The van der Waals surface area contributed by atoms with Crippen LogP contribution in [0, 0.1) is 0 Å². The van der Waals surface area contributed by atoms with E-state index in [1.807, 2.05) is 13.1 Å². The molecule has 1 amide bonds. The Bertz CT molecular complexity index is 498. The first kappa shape index (κ1) is 18.4. The molecule has 1 aliphatic heterocycles. The average molecular weight is 339 g/mol. The first-order valence-electron chi connectivity index (χ1n) is 6.77. The third kappa shape index (κ3) is 4.94. The highest BCUT2D eigenvalue weighted by Gasteiger charge is 2.45. The van der Waals surface area contributed by atoms with Crippen molar-refractivity contribution in [3.63, 3.8) is 0 Å². The molecule has 0 bridgehead atoms. The number of rotatable bonds is 4. The summed E-state index contributed by atoms with van der Waals surface area (Å²) < 4.78 is 33.8. The lowest BCUT2D eigenvalue weighted by Gasteiger charge is -2.39. The molecule has 9 heteroatoms. The molecule has 0 saturated carbocycles. The second kappa shape index (κ2) is 5.86. The second-order valence-corrected chi connectivity index (χ2v) is 13.3. The van der Waals surface area contributed by atoms with Crippen molar-refractivity contribution in [1.82, 2.24) is 4.90 Å². The Morgan fingerprint density at radius 2 is 1.71 bits per heavy atom. The molecular formula is C12H25NO6SSi. The van der Waals surface area contributed by atoms with Gasteiger partial charge in [0.25, 0.3) is 10.1 Å². The molecule has 0 radical (unpaired) electrons. The van der Waals surface area contributed by atoms with Crippen LogP contribution in [0.2, 0.25) is 18.1 Å². The van der Waals surface area contributed by atoms with Crippen molar-refractivity contribution in [2.75, 3.05) is 19.3 Å². The number of carbonyl (C=O) groups is 1. The van der Waals surface area contributed by atoms with E-state index in [4.69, 9.17) is 13.7 Å². The molecule has 1 rings (SSSR count). The molecule has 0 unspecified atom stereocenters. The maximum atomic E-state index is 11.3. The smallest absolute Gasteiger partial charge is 0.407 e. The van der Waals surface area contributed by atoms with Crippen LogP contribution in [0.4, 0.5) is 4.79 Å². The molecule has 0 spiro atoms. The van der Waals surface area contributed by atoms with Crippen LogP contribution in [-0.4, -0.2) is 64.4 Å². The number of hydrogen-bond donors (Lipinski definition) is 1. The van der Waals surface area contributed by atoms with Crippen molar-refractivity contribution in [1.29, 1.82) is 0 Å². The van der Waals surface area contributed by atoms with E-state index >= 15 is 0 Å². The van der Waals surface area contributed by atoms with E-state index in [0.717, 1.165) is 11.2 Å². The van der Waals surface area contributed by atoms with Crippen molar-refractivity contribution < 1.29 is 26.9 Å². The number of amides is 1. The summed E-state index contributed by atoms with van der Waals surface area (Å²) in [5.74, 6) is 0. The Morgan fingerprint density at radius 3 is 2.10 bits per heavy atom. The summed E-state index contributed by atoms with van der Waals surface area (Å²) in [6, 6.07) is 0. The summed E-state index contributed by atoms with van der Waals surface area (Å²) in [6.45, 7) is 10.4. The van der Waals surface area contributed by atoms with Gasteiger partial charge < -0.3 is 14.4 Å². The fourth-order valence-electron chi connectivity index (χ4n) is 1.89. The van der Waals surface area contributed by atoms with Crippen molar-refractivity contribution in [3.05, 3.63) is 0 Å². The van der Waals surface area contributed by atoms with Gasteiger partial charge in [0.2, 0.25) is 0 Å². The van der Waals surface area contributed by atoms with Gasteiger partial charge in [0, 0.05) is 0 Å². The minimum absolute atomic E-state index is 0.00168. The Morgan fingerprint density at radius 1 is 1.24 bits per heavy atom. The van der Waals surface area contributed by atoms with E-state index < -0.39 is 36.7 Å². The molecule has 124 valence electrons. The van der Waals surface area contributed by atoms with Gasteiger partial charge in [-0.15, -0.1) is 0 Å². The van der Waals surface area contributed by atoms with E-state index in [9.17, 15) is 13.2 Å². The third-order valence-electron chi connectivity index (χ3n) is 4.04. The summed E-state index contributed by atoms with van der Waals surface area (Å²) in [5, 5.41) is 9.03. The first-order chi connectivity index (χ1) is 9.23. The van der Waals surface area contributed by atoms with Crippen molar-refractivity contribution in [2.45, 2.75) is 51.1 Å². The minimum Gasteiger partial charge on any atom is -0.465 e. The molecule has 7 nitrogen and oxygen atoms in total. The molecule has 0 aromatic heterocycles. The van der Waals surface area contributed by atoms with E-state index in [1.165, 1.54) is 0 Å². The fourth-order valence-corrected chi connectivity index (χ4v) is 3.86. The molecule has 1 heterocycles. The van der Waals surface area contributed by atoms with Gasteiger partial charge in [-0.05, 0) is 18.1 Å². The van der Waals surface area contributed by atoms with Crippen molar-refractivity contribution >= 4 is 24.5 Å². The van der Waals surface area contributed by atoms with Crippen molar-refractivity contribution in [2.24, 2.45) is 0 Å². The molecule has 1 aliphatic rings. The molecule has 0 aromatic rings. The van der Waals surface area contributed by atoms with Gasteiger partial charge in [-0.1, -0.05) is 20.8 Å². The predicted octanol–water partition coefficient (Wildman–Crippen LogP) is 1.72. The number of hydrogen-bond acceptors (Lipinski definition) is 5. The van der Waals surface area contributed by atoms with E-state index in [-0.39, 0.29) is 18.1 Å². The average Bonchev–Trinajstić information content (AvgIpc) is 2.56. The Balaban J connectivity index is 2.93. The van der Waals surface area contributed by atoms with Crippen LogP contribution in [0.3, 0.4) is 0 Å². The lowest BCUT2D eigenvalue weighted by atomic mass is 10.2. The summed E-state index contributed by atoms with van der Waals surface area (Å²) >= 11 is 0. The molecule has 1 fully saturated rings. The van der Waals surface area contributed by atoms with Crippen LogP contribution in [0.5, 0.6) is 0 Å². The zero-order chi connectivity index (χ0) is 16.6. The lowest BCUT2D eigenvalue weighted by Crippen LogP contribution is -2.47. The quantitative estimate of drug-likeness (QED) is 0.619. The highest BCUT2D eigenvalue weighted by Crippen LogP contribution is 2.38. The second-order valence-electron chi connectivity index (χ2n) is 6.94. The minimum atomic E-state index is -3.66. The lowest BCUT2D eigenvalue weighted by molar-refractivity contribution is 0.0858. The highest BCUT2D eigenvalue weighted by molar-refractivity contribution is 7.86. The van der Waals surface area contributed by atoms with E-state index in [0.29, 0.717) is 0 Å². The Labute approximate surface area is 127 Å². The van der Waals surface area contributed by atoms with Gasteiger partial charge in [-0.2, -0.15) is 8.42 Å². The molecule has 1 saturated heterocycles. The molecule has 0 aliphatic carbocycles. The molecule has 21 heavy (non-hydrogen) atoms. The molecule has 0 aromatic carbocycles. The molecule has 2 atom stereocenters. The molecular weight excluding hydrogens is 314 g/mol. The third-order valence-corrected chi connectivity index (χ3v) is 9.14. The van der Waals surface area contributed by atoms with Crippen LogP contribution < -0.4 is 0 Å². The topological polar surface area (TPSA) is 93.1 Å². The Hall–Kier alpha value is -0.643. The van der Waals surface area contributed by atoms with Gasteiger partial charge in [-0.25, -0.2) is 4.79 Å². The monoisotopic (exact) mass is 339 g/mol. The summed E-state index contributed by atoms with van der Waals surface area (Å²) in [6.07, 6.45) is -1.49. The largest absolute Gasteiger partial charge is 0.465 e. The maximum absolute atomic E-state index is 11.3. The number of nitrogens with zero attached hydrogens (tertiary/aromatic N) is 1. The van der Waals surface area contributed by atoms with Crippen LogP contribution in [0.15, 0.2) is 0 Å². The molecule has 1 N–H and O–H groups in total. The van der Waals surface area contributed by atoms with E-state index in [2.05, 4.69) is 20.8 Å². The fraction of sp³-hybridized carbons (Fsp3) is 0.917. The summed E-state index contributed by atoms with van der Waals surface area (Å²) in [7, 11) is -5.81. The Kier molecular flexibility index (Phi) is 5.14.